The minimum absolute atomic E-state index is 0.709. The predicted octanol–water partition coefficient (Wildman–Crippen LogP) is 3.82. The maximum atomic E-state index is 6.23. The van der Waals surface area contributed by atoms with Gasteiger partial charge in [-0.3, -0.25) is 0 Å². The Morgan fingerprint density at radius 1 is 1.26 bits per heavy atom. The van der Waals surface area contributed by atoms with Crippen LogP contribution in [0.25, 0.3) is 0 Å². The molecule has 5 heteroatoms. The fourth-order valence-corrected chi connectivity index (χ4v) is 2.62. The molecule has 3 rings (SSSR count). The van der Waals surface area contributed by atoms with E-state index < -0.39 is 0 Å². The molecule has 1 aromatic heterocycles. The predicted molar refractivity (Wildman–Crippen MR) is 80.2 cm³/mol. The standard InChI is InChI=1S/C14H13Cl2N3/c15-11-3-4-12(16)10(8-11)9-19-7-6-18-14-13(19)2-1-5-17-14/h1-5,8H,6-7,9H2,(H,17,18). The Hall–Kier alpha value is -1.45. The summed E-state index contributed by atoms with van der Waals surface area (Å²) in [5.41, 5.74) is 2.13. The number of halogens is 2. The highest BCUT2D eigenvalue weighted by Gasteiger charge is 2.18. The van der Waals surface area contributed by atoms with Gasteiger partial charge in [-0.1, -0.05) is 23.2 Å². The molecule has 1 aromatic carbocycles. The number of rotatable bonds is 2. The van der Waals surface area contributed by atoms with Crippen molar-refractivity contribution in [3.05, 3.63) is 52.1 Å². The lowest BCUT2D eigenvalue weighted by molar-refractivity contribution is 0.781. The van der Waals surface area contributed by atoms with E-state index in [0.717, 1.165) is 41.7 Å². The van der Waals surface area contributed by atoms with E-state index in [1.165, 1.54) is 0 Å². The monoisotopic (exact) mass is 293 g/mol. The molecule has 0 aliphatic carbocycles. The normalized spacial score (nSPS) is 13.9. The minimum Gasteiger partial charge on any atom is -0.367 e. The lowest BCUT2D eigenvalue weighted by Gasteiger charge is -2.31. The van der Waals surface area contributed by atoms with Gasteiger partial charge in [-0.2, -0.15) is 0 Å². The van der Waals surface area contributed by atoms with Gasteiger partial charge in [-0.15, -0.1) is 0 Å². The number of hydrogen-bond donors (Lipinski definition) is 1. The Morgan fingerprint density at radius 2 is 2.16 bits per heavy atom. The summed E-state index contributed by atoms with van der Waals surface area (Å²) in [5.74, 6) is 0.923. The molecule has 19 heavy (non-hydrogen) atoms. The number of fused-ring (bicyclic) bond motifs is 1. The van der Waals surface area contributed by atoms with E-state index in [1.807, 2.05) is 18.2 Å². The molecule has 0 fully saturated rings. The topological polar surface area (TPSA) is 28.2 Å². The number of anilines is 2. The molecule has 0 unspecified atom stereocenters. The Labute approximate surface area is 122 Å². The third kappa shape index (κ3) is 2.62. The molecule has 0 atom stereocenters. The van der Waals surface area contributed by atoms with Gasteiger partial charge in [0.25, 0.3) is 0 Å². The molecule has 0 saturated heterocycles. The van der Waals surface area contributed by atoms with E-state index in [-0.39, 0.29) is 0 Å². The van der Waals surface area contributed by atoms with E-state index in [9.17, 15) is 0 Å². The first-order chi connectivity index (χ1) is 9.24. The zero-order valence-corrected chi connectivity index (χ0v) is 11.7. The highest BCUT2D eigenvalue weighted by molar-refractivity contribution is 6.33. The number of benzene rings is 1. The molecule has 0 amide bonds. The van der Waals surface area contributed by atoms with Gasteiger partial charge in [-0.25, -0.2) is 4.98 Å². The van der Waals surface area contributed by atoms with Gasteiger partial charge in [0.1, 0.15) is 5.82 Å². The van der Waals surface area contributed by atoms with E-state index in [1.54, 1.807) is 12.3 Å². The fraction of sp³-hybridized carbons (Fsp3) is 0.214. The first-order valence-corrected chi connectivity index (χ1v) is 6.87. The van der Waals surface area contributed by atoms with E-state index in [2.05, 4.69) is 21.3 Å². The van der Waals surface area contributed by atoms with Gasteiger partial charge in [0.2, 0.25) is 0 Å². The van der Waals surface area contributed by atoms with Crippen molar-refractivity contribution in [1.29, 1.82) is 0 Å². The Bertz CT molecular complexity index is 601. The van der Waals surface area contributed by atoms with Crippen LogP contribution in [0, 0.1) is 0 Å². The average molecular weight is 294 g/mol. The Morgan fingerprint density at radius 3 is 3.05 bits per heavy atom. The molecule has 2 heterocycles. The highest BCUT2D eigenvalue weighted by atomic mass is 35.5. The van der Waals surface area contributed by atoms with Crippen LogP contribution in [0.15, 0.2) is 36.5 Å². The molecule has 1 N–H and O–H groups in total. The summed E-state index contributed by atoms with van der Waals surface area (Å²) >= 11 is 12.3. The van der Waals surface area contributed by atoms with Gasteiger partial charge in [0, 0.05) is 35.9 Å². The van der Waals surface area contributed by atoms with Crippen LogP contribution in [0.5, 0.6) is 0 Å². The van der Waals surface area contributed by atoms with Gasteiger partial charge < -0.3 is 10.2 Å². The molecule has 0 saturated carbocycles. The molecule has 2 aromatic rings. The van der Waals surface area contributed by atoms with Crippen molar-refractivity contribution in [2.45, 2.75) is 6.54 Å². The molecule has 0 bridgehead atoms. The van der Waals surface area contributed by atoms with Crippen molar-refractivity contribution < 1.29 is 0 Å². The maximum absolute atomic E-state index is 6.23. The Balaban J connectivity index is 1.90. The van der Waals surface area contributed by atoms with Gasteiger partial charge in [-0.05, 0) is 35.9 Å². The molecule has 98 valence electrons. The number of hydrogen-bond acceptors (Lipinski definition) is 3. The van der Waals surface area contributed by atoms with Crippen molar-refractivity contribution in [2.75, 3.05) is 23.3 Å². The van der Waals surface area contributed by atoms with Crippen molar-refractivity contribution in [3.63, 3.8) is 0 Å². The summed E-state index contributed by atoms with van der Waals surface area (Å²) in [4.78, 5) is 6.60. The second kappa shape index (κ2) is 5.27. The molecule has 1 aliphatic heterocycles. The molecule has 1 aliphatic rings. The van der Waals surface area contributed by atoms with Crippen LogP contribution < -0.4 is 10.2 Å². The van der Waals surface area contributed by atoms with E-state index in [4.69, 9.17) is 23.2 Å². The Kier molecular flexibility index (Phi) is 3.49. The first kappa shape index (κ1) is 12.6. The quantitative estimate of drug-likeness (QED) is 0.912. The first-order valence-electron chi connectivity index (χ1n) is 6.12. The van der Waals surface area contributed by atoms with Crippen LogP contribution in [0.3, 0.4) is 0 Å². The summed E-state index contributed by atoms with van der Waals surface area (Å²) in [6, 6.07) is 9.57. The van der Waals surface area contributed by atoms with E-state index in [0.29, 0.717) is 5.02 Å². The molecular formula is C14H13Cl2N3. The molecule has 3 nitrogen and oxygen atoms in total. The zero-order chi connectivity index (χ0) is 13.2. The molecular weight excluding hydrogens is 281 g/mol. The minimum atomic E-state index is 0.709. The molecule has 0 radical (unpaired) electrons. The fourth-order valence-electron chi connectivity index (χ4n) is 2.25. The average Bonchev–Trinajstić information content (AvgIpc) is 2.43. The summed E-state index contributed by atoms with van der Waals surface area (Å²) < 4.78 is 0. The summed E-state index contributed by atoms with van der Waals surface area (Å²) in [5, 5.41) is 4.75. The largest absolute Gasteiger partial charge is 0.367 e. The number of pyridine rings is 1. The maximum Gasteiger partial charge on any atom is 0.149 e. The van der Waals surface area contributed by atoms with Crippen molar-refractivity contribution in [3.8, 4) is 0 Å². The van der Waals surface area contributed by atoms with Crippen LogP contribution in [0.4, 0.5) is 11.5 Å². The van der Waals surface area contributed by atoms with Crippen LogP contribution in [0.1, 0.15) is 5.56 Å². The van der Waals surface area contributed by atoms with Gasteiger partial charge in [0.05, 0.1) is 5.69 Å². The smallest absolute Gasteiger partial charge is 0.149 e. The van der Waals surface area contributed by atoms with Crippen LogP contribution in [-0.2, 0) is 6.54 Å². The van der Waals surface area contributed by atoms with Crippen LogP contribution in [0.2, 0.25) is 10.0 Å². The van der Waals surface area contributed by atoms with Gasteiger partial charge >= 0.3 is 0 Å². The second-order valence-corrected chi connectivity index (χ2v) is 5.30. The summed E-state index contributed by atoms with van der Waals surface area (Å²) in [7, 11) is 0. The van der Waals surface area contributed by atoms with Crippen LogP contribution in [-0.4, -0.2) is 18.1 Å². The lowest BCUT2D eigenvalue weighted by atomic mass is 10.2. The summed E-state index contributed by atoms with van der Waals surface area (Å²) in [6.45, 7) is 2.53. The number of nitrogens with zero attached hydrogens (tertiary/aromatic N) is 2. The SMILES string of the molecule is Clc1ccc(Cl)c(CN2CCNc3ncccc32)c1. The number of aromatic nitrogens is 1. The van der Waals surface area contributed by atoms with Crippen molar-refractivity contribution in [1.82, 2.24) is 4.98 Å². The third-order valence-corrected chi connectivity index (χ3v) is 3.77. The zero-order valence-electron chi connectivity index (χ0n) is 10.2. The van der Waals surface area contributed by atoms with Crippen molar-refractivity contribution in [2.24, 2.45) is 0 Å². The van der Waals surface area contributed by atoms with Crippen molar-refractivity contribution >= 4 is 34.7 Å². The highest BCUT2D eigenvalue weighted by Crippen LogP contribution is 2.29. The molecule has 0 spiro atoms. The second-order valence-electron chi connectivity index (χ2n) is 4.46. The van der Waals surface area contributed by atoms with E-state index >= 15 is 0 Å². The summed E-state index contributed by atoms with van der Waals surface area (Å²) in [6.07, 6.45) is 1.79. The number of nitrogens with one attached hydrogen (secondary N) is 1. The van der Waals surface area contributed by atoms with Gasteiger partial charge in [0.15, 0.2) is 0 Å². The van der Waals surface area contributed by atoms with Crippen LogP contribution >= 0.6 is 23.2 Å². The third-order valence-electron chi connectivity index (χ3n) is 3.17. The lowest BCUT2D eigenvalue weighted by Crippen LogP contribution is -2.33.